The summed E-state index contributed by atoms with van der Waals surface area (Å²) < 4.78 is 29.7. The van der Waals surface area contributed by atoms with E-state index in [-0.39, 0.29) is 18.4 Å². The van der Waals surface area contributed by atoms with Crippen molar-refractivity contribution in [3.63, 3.8) is 0 Å². The first-order valence-electron chi connectivity index (χ1n) is 7.32. The molecule has 0 saturated carbocycles. The predicted octanol–water partition coefficient (Wildman–Crippen LogP) is 2.44. The van der Waals surface area contributed by atoms with Gasteiger partial charge in [0.2, 0.25) is 0 Å². The molecule has 2 aromatic rings. The molecule has 1 amide bonds. The molecule has 1 atom stereocenters. The van der Waals surface area contributed by atoms with Gasteiger partial charge in [-0.1, -0.05) is 0 Å². The Bertz CT molecular complexity index is 913. The first-order chi connectivity index (χ1) is 11.4. The third-order valence-corrected chi connectivity index (χ3v) is 8.65. The molecule has 1 fully saturated rings. The fourth-order valence-corrected chi connectivity index (χ4v) is 6.97. The summed E-state index contributed by atoms with van der Waals surface area (Å²) >= 11 is 5.86. The van der Waals surface area contributed by atoms with Crippen LogP contribution in [0.1, 0.15) is 12.8 Å². The summed E-state index contributed by atoms with van der Waals surface area (Å²) in [5.41, 5.74) is 0. The van der Waals surface area contributed by atoms with Crippen LogP contribution in [0.4, 0.5) is 0 Å². The number of thiophene rings is 1. The Kier molecular flexibility index (Phi) is 5.40. The SMILES string of the molecule is Cn1ccsc1=NC(=O)C1CCCN(S(=O)(=O)c2ccc(Br)s2)C1. The molecule has 0 spiro atoms. The molecule has 0 aromatic carbocycles. The van der Waals surface area contributed by atoms with E-state index in [0.29, 0.717) is 28.4 Å². The summed E-state index contributed by atoms with van der Waals surface area (Å²) in [6, 6.07) is 3.31. The zero-order valence-corrected chi connectivity index (χ0v) is 16.9. The molecule has 0 aliphatic carbocycles. The van der Waals surface area contributed by atoms with Crippen molar-refractivity contribution in [1.29, 1.82) is 0 Å². The van der Waals surface area contributed by atoms with Crippen molar-refractivity contribution < 1.29 is 13.2 Å². The Balaban J connectivity index is 1.80. The van der Waals surface area contributed by atoms with Crippen molar-refractivity contribution in [1.82, 2.24) is 8.87 Å². The van der Waals surface area contributed by atoms with E-state index < -0.39 is 10.0 Å². The Labute approximate surface area is 156 Å². The van der Waals surface area contributed by atoms with E-state index in [4.69, 9.17) is 0 Å². The lowest BCUT2D eigenvalue weighted by Gasteiger charge is -2.29. The molecule has 3 heterocycles. The van der Waals surface area contributed by atoms with Crippen LogP contribution in [0.3, 0.4) is 0 Å². The van der Waals surface area contributed by atoms with Crippen LogP contribution in [-0.4, -0.2) is 36.3 Å². The van der Waals surface area contributed by atoms with Crippen molar-refractivity contribution in [3.8, 4) is 0 Å². The van der Waals surface area contributed by atoms with Crippen LogP contribution in [0.15, 0.2) is 36.7 Å². The minimum Gasteiger partial charge on any atom is -0.327 e. The van der Waals surface area contributed by atoms with E-state index in [9.17, 15) is 13.2 Å². The third kappa shape index (κ3) is 3.72. The van der Waals surface area contributed by atoms with Gasteiger partial charge in [0.15, 0.2) is 4.80 Å². The fourth-order valence-electron chi connectivity index (χ4n) is 2.55. The van der Waals surface area contributed by atoms with Crippen LogP contribution in [0.2, 0.25) is 0 Å². The molecule has 1 saturated heterocycles. The number of piperidine rings is 1. The maximum atomic E-state index is 12.7. The lowest BCUT2D eigenvalue weighted by atomic mass is 9.99. The standard InChI is InChI=1S/C14H16BrN3O3S3/c1-17-7-8-22-14(17)16-13(19)10-3-2-6-18(9-10)24(20,21)12-5-4-11(15)23-12/h4-5,7-8,10H,2-3,6,9H2,1H3. The Morgan fingerprint density at radius 2 is 2.21 bits per heavy atom. The summed E-state index contributed by atoms with van der Waals surface area (Å²) in [7, 11) is -1.72. The molecule has 3 rings (SSSR count). The molecule has 0 bridgehead atoms. The number of aromatic nitrogens is 1. The summed E-state index contributed by atoms with van der Waals surface area (Å²) in [4.78, 5) is 17.2. The van der Waals surface area contributed by atoms with Gasteiger partial charge in [0.25, 0.3) is 15.9 Å². The molecule has 1 aliphatic rings. The van der Waals surface area contributed by atoms with E-state index in [2.05, 4.69) is 20.9 Å². The van der Waals surface area contributed by atoms with Crippen molar-refractivity contribution in [2.45, 2.75) is 17.1 Å². The Morgan fingerprint density at radius 1 is 1.42 bits per heavy atom. The van der Waals surface area contributed by atoms with Gasteiger partial charge in [-0.25, -0.2) is 8.42 Å². The highest BCUT2D eigenvalue weighted by atomic mass is 79.9. The van der Waals surface area contributed by atoms with Gasteiger partial charge < -0.3 is 4.57 Å². The van der Waals surface area contributed by atoms with Crippen molar-refractivity contribution in [2.24, 2.45) is 18.0 Å². The normalized spacial score (nSPS) is 20.4. The average molecular weight is 450 g/mol. The van der Waals surface area contributed by atoms with Crippen molar-refractivity contribution in [3.05, 3.63) is 32.3 Å². The number of halogens is 1. The van der Waals surface area contributed by atoms with Gasteiger partial charge in [-0.2, -0.15) is 9.30 Å². The van der Waals surface area contributed by atoms with Crippen molar-refractivity contribution in [2.75, 3.05) is 13.1 Å². The molecule has 2 aromatic heterocycles. The summed E-state index contributed by atoms with van der Waals surface area (Å²) in [6.45, 7) is 0.629. The minimum absolute atomic E-state index is 0.190. The van der Waals surface area contributed by atoms with E-state index >= 15 is 0 Å². The van der Waals surface area contributed by atoms with E-state index in [1.54, 1.807) is 16.7 Å². The monoisotopic (exact) mass is 449 g/mol. The second-order valence-corrected chi connectivity index (χ2v) is 11.0. The van der Waals surface area contributed by atoms with Gasteiger partial charge in [0.05, 0.1) is 9.70 Å². The average Bonchev–Trinajstić information content (AvgIpc) is 3.17. The zero-order valence-electron chi connectivity index (χ0n) is 12.9. The van der Waals surface area contributed by atoms with Gasteiger partial charge in [0, 0.05) is 31.7 Å². The minimum atomic E-state index is -3.55. The topological polar surface area (TPSA) is 71.7 Å². The summed E-state index contributed by atoms with van der Waals surface area (Å²) in [5, 5.41) is 1.86. The molecule has 10 heteroatoms. The molecule has 1 aliphatic heterocycles. The summed E-state index contributed by atoms with van der Waals surface area (Å²) in [6.07, 6.45) is 3.16. The summed E-state index contributed by atoms with van der Waals surface area (Å²) in [5.74, 6) is -0.640. The number of hydrogen-bond donors (Lipinski definition) is 0. The van der Waals surface area contributed by atoms with E-state index in [1.807, 2.05) is 18.6 Å². The maximum Gasteiger partial charge on any atom is 0.252 e. The maximum absolute atomic E-state index is 12.7. The fraction of sp³-hybridized carbons (Fsp3) is 0.429. The quantitative estimate of drug-likeness (QED) is 0.721. The molecule has 24 heavy (non-hydrogen) atoms. The number of carbonyl (C=O) groups is 1. The Hall–Kier alpha value is -0.810. The second-order valence-electron chi connectivity index (χ2n) is 5.51. The predicted molar refractivity (Wildman–Crippen MR) is 97.4 cm³/mol. The second kappa shape index (κ2) is 7.20. The first-order valence-corrected chi connectivity index (χ1v) is 11.2. The number of amides is 1. The van der Waals surface area contributed by atoms with Crippen LogP contribution < -0.4 is 4.80 Å². The van der Waals surface area contributed by atoms with Crippen LogP contribution >= 0.6 is 38.6 Å². The highest BCUT2D eigenvalue weighted by Crippen LogP contribution is 2.31. The van der Waals surface area contributed by atoms with Crippen molar-refractivity contribution >= 4 is 54.5 Å². The molecule has 6 nitrogen and oxygen atoms in total. The number of aryl methyl sites for hydroxylation is 1. The van der Waals surface area contributed by atoms with E-state index in [1.165, 1.54) is 27.0 Å². The Morgan fingerprint density at radius 3 is 2.83 bits per heavy atom. The van der Waals surface area contributed by atoms with Crippen LogP contribution in [0.25, 0.3) is 0 Å². The highest BCUT2D eigenvalue weighted by molar-refractivity contribution is 9.11. The van der Waals surface area contributed by atoms with Gasteiger partial charge in [0.1, 0.15) is 4.21 Å². The number of hydrogen-bond acceptors (Lipinski definition) is 5. The number of nitrogens with zero attached hydrogens (tertiary/aromatic N) is 3. The van der Waals surface area contributed by atoms with Crippen LogP contribution in [0, 0.1) is 5.92 Å². The van der Waals surface area contributed by atoms with Crippen LogP contribution in [-0.2, 0) is 21.9 Å². The third-order valence-electron chi connectivity index (χ3n) is 3.84. The van der Waals surface area contributed by atoms with Gasteiger partial charge in [-0.15, -0.1) is 22.7 Å². The number of rotatable bonds is 3. The zero-order chi connectivity index (χ0) is 17.3. The number of thiazole rings is 1. The highest BCUT2D eigenvalue weighted by Gasteiger charge is 2.34. The van der Waals surface area contributed by atoms with Crippen LogP contribution in [0.5, 0.6) is 0 Å². The smallest absolute Gasteiger partial charge is 0.252 e. The largest absolute Gasteiger partial charge is 0.327 e. The lowest BCUT2D eigenvalue weighted by molar-refractivity contribution is -0.122. The molecular weight excluding hydrogens is 434 g/mol. The van der Waals surface area contributed by atoms with E-state index in [0.717, 1.165) is 3.79 Å². The number of carbonyl (C=O) groups excluding carboxylic acids is 1. The molecule has 0 radical (unpaired) electrons. The number of sulfonamides is 1. The molecule has 130 valence electrons. The van der Waals surface area contributed by atoms with Gasteiger partial charge >= 0.3 is 0 Å². The molecule has 1 unspecified atom stereocenters. The van der Waals surface area contributed by atoms with Gasteiger partial charge in [-0.3, -0.25) is 4.79 Å². The molecule has 0 N–H and O–H groups in total. The lowest BCUT2D eigenvalue weighted by Crippen LogP contribution is -2.42. The first kappa shape index (κ1) is 18.0. The molecular formula is C14H16BrN3O3S3. The van der Waals surface area contributed by atoms with Gasteiger partial charge in [-0.05, 0) is 40.9 Å².